The maximum absolute atomic E-state index is 5.67. The highest BCUT2D eigenvalue weighted by Gasteiger charge is 2.05. The van der Waals surface area contributed by atoms with Gasteiger partial charge in [0.1, 0.15) is 4.99 Å². The molecule has 1 aromatic carbocycles. The van der Waals surface area contributed by atoms with E-state index < -0.39 is 0 Å². The average Bonchev–Trinajstić information content (AvgIpc) is 2.81. The summed E-state index contributed by atoms with van der Waals surface area (Å²) in [5.41, 5.74) is 9.82. The highest BCUT2D eigenvalue weighted by atomic mass is 32.1. The Bertz CT molecular complexity index is 789. The van der Waals surface area contributed by atoms with Gasteiger partial charge in [-0.1, -0.05) is 18.3 Å². The van der Waals surface area contributed by atoms with Crippen LogP contribution in [0.1, 0.15) is 17.0 Å². The monoisotopic (exact) mass is 281 g/mol. The van der Waals surface area contributed by atoms with Crippen LogP contribution in [0.5, 0.6) is 0 Å². The van der Waals surface area contributed by atoms with Crippen LogP contribution in [0.2, 0.25) is 0 Å². The van der Waals surface area contributed by atoms with Crippen LogP contribution >= 0.6 is 12.2 Å². The number of nitrogens with zero attached hydrogens (tertiary/aromatic N) is 2. The summed E-state index contributed by atoms with van der Waals surface area (Å²) in [5.74, 6) is 0. The molecular weight excluding hydrogens is 266 g/mol. The third-order valence-corrected chi connectivity index (χ3v) is 3.57. The molecule has 0 aliphatic carbocycles. The smallest absolute Gasteiger partial charge is 0.104 e. The lowest BCUT2D eigenvalue weighted by atomic mass is 10.1. The molecule has 0 fully saturated rings. The number of fused-ring (bicyclic) bond motifs is 1. The Balaban J connectivity index is 1.98. The molecule has 2 heterocycles. The molecule has 0 amide bonds. The maximum atomic E-state index is 5.67. The molecule has 0 bridgehead atoms. The molecule has 20 heavy (non-hydrogen) atoms. The van der Waals surface area contributed by atoms with Crippen LogP contribution in [0.4, 0.5) is 0 Å². The van der Waals surface area contributed by atoms with E-state index in [9.17, 15) is 0 Å². The van der Waals surface area contributed by atoms with Gasteiger partial charge in [0.2, 0.25) is 0 Å². The summed E-state index contributed by atoms with van der Waals surface area (Å²) < 4.78 is 2.18. The van der Waals surface area contributed by atoms with E-state index in [1.54, 1.807) is 0 Å². The van der Waals surface area contributed by atoms with Crippen molar-refractivity contribution in [1.82, 2.24) is 9.55 Å². The molecule has 0 aliphatic heterocycles. The number of aromatic nitrogens is 2. The summed E-state index contributed by atoms with van der Waals surface area (Å²) in [6.07, 6.45) is 2.07. The number of aryl methyl sites for hydroxylation is 1. The van der Waals surface area contributed by atoms with Crippen LogP contribution < -0.4 is 5.73 Å². The van der Waals surface area contributed by atoms with Gasteiger partial charge in [0, 0.05) is 28.4 Å². The molecule has 2 N–H and O–H groups in total. The molecule has 2 aromatic heterocycles. The molecule has 0 unspecified atom stereocenters. The van der Waals surface area contributed by atoms with Gasteiger partial charge in [0.15, 0.2) is 0 Å². The van der Waals surface area contributed by atoms with E-state index in [2.05, 4.69) is 27.9 Å². The number of hydrogen-bond acceptors (Lipinski definition) is 2. The van der Waals surface area contributed by atoms with Crippen molar-refractivity contribution in [2.45, 2.75) is 13.5 Å². The quantitative estimate of drug-likeness (QED) is 0.750. The number of rotatable bonds is 3. The molecule has 0 spiro atoms. The lowest BCUT2D eigenvalue weighted by Gasteiger charge is -2.06. The number of benzene rings is 1. The van der Waals surface area contributed by atoms with Crippen molar-refractivity contribution in [3.05, 3.63) is 65.6 Å². The summed E-state index contributed by atoms with van der Waals surface area (Å²) in [6.45, 7) is 2.77. The first-order valence-electron chi connectivity index (χ1n) is 6.45. The Kier molecular flexibility index (Phi) is 3.24. The van der Waals surface area contributed by atoms with Crippen molar-refractivity contribution in [3.8, 4) is 0 Å². The summed E-state index contributed by atoms with van der Waals surface area (Å²) in [6, 6.07) is 14.2. The second-order valence-corrected chi connectivity index (χ2v) is 5.29. The van der Waals surface area contributed by atoms with Crippen molar-refractivity contribution in [2.24, 2.45) is 5.73 Å². The molecule has 0 radical (unpaired) electrons. The Hall–Kier alpha value is -2.20. The molecule has 3 nitrogen and oxygen atoms in total. The second kappa shape index (κ2) is 5.06. The average molecular weight is 281 g/mol. The van der Waals surface area contributed by atoms with Gasteiger partial charge in [-0.25, -0.2) is 0 Å². The lowest BCUT2D eigenvalue weighted by molar-refractivity contribution is 0.802. The van der Waals surface area contributed by atoms with Gasteiger partial charge in [-0.05, 0) is 43.3 Å². The fourth-order valence-electron chi connectivity index (χ4n) is 2.35. The topological polar surface area (TPSA) is 43.8 Å². The third-order valence-electron chi connectivity index (χ3n) is 3.33. The van der Waals surface area contributed by atoms with E-state index in [-0.39, 0.29) is 0 Å². The molecule has 3 rings (SSSR count). The number of hydrogen-bond donors (Lipinski definition) is 1. The SMILES string of the molecule is Cc1cccc(Cn2ccc3cc(C(N)=S)ccc32)n1. The first kappa shape index (κ1) is 12.8. The van der Waals surface area contributed by atoms with Crippen LogP contribution in [-0.2, 0) is 6.54 Å². The predicted octanol–water partition coefficient (Wildman–Crippen LogP) is 3.03. The van der Waals surface area contributed by atoms with E-state index >= 15 is 0 Å². The van der Waals surface area contributed by atoms with Crippen LogP contribution in [-0.4, -0.2) is 14.5 Å². The first-order chi connectivity index (χ1) is 9.63. The van der Waals surface area contributed by atoms with Crippen LogP contribution in [0.25, 0.3) is 10.9 Å². The predicted molar refractivity (Wildman–Crippen MR) is 85.9 cm³/mol. The molecular formula is C16H15N3S. The maximum Gasteiger partial charge on any atom is 0.104 e. The zero-order chi connectivity index (χ0) is 14.1. The number of nitrogens with two attached hydrogens (primary N) is 1. The zero-order valence-electron chi connectivity index (χ0n) is 11.2. The number of thiocarbonyl (C=S) groups is 1. The molecule has 0 saturated carbocycles. The van der Waals surface area contributed by atoms with E-state index in [0.717, 1.165) is 34.4 Å². The Morgan fingerprint density at radius 2 is 2.10 bits per heavy atom. The Morgan fingerprint density at radius 1 is 1.25 bits per heavy atom. The van der Waals surface area contributed by atoms with Crippen molar-refractivity contribution >= 4 is 28.1 Å². The van der Waals surface area contributed by atoms with Gasteiger partial charge in [-0.3, -0.25) is 4.98 Å². The summed E-state index contributed by atoms with van der Waals surface area (Å²) in [4.78, 5) is 4.97. The third kappa shape index (κ3) is 2.42. The Morgan fingerprint density at radius 3 is 2.85 bits per heavy atom. The summed E-state index contributed by atoms with van der Waals surface area (Å²) in [7, 11) is 0. The van der Waals surface area contributed by atoms with Crippen molar-refractivity contribution in [3.63, 3.8) is 0 Å². The van der Waals surface area contributed by atoms with Crippen molar-refractivity contribution < 1.29 is 0 Å². The van der Waals surface area contributed by atoms with Crippen molar-refractivity contribution in [1.29, 1.82) is 0 Å². The summed E-state index contributed by atoms with van der Waals surface area (Å²) >= 11 is 5.01. The van der Waals surface area contributed by atoms with Gasteiger partial charge in [-0.15, -0.1) is 0 Å². The normalized spacial score (nSPS) is 10.8. The number of pyridine rings is 1. The van der Waals surface area contributed by atoms with E-state index in [0.29, 0.717) is 4.99 Å². The van der Waals surface area contributed by atoms with Gasteiger partial charge in [-0.2, -0.15) is 0 Å². The largest absolute Gasteiger partial charge is 0.389 e. The van der Waals surface area contributed by atoms with Crippen molar-refractivity contribution in [2.75, 3.05) is 0 Å². The molecule has 0 atom stereocenters. The summed E-state index contributed by atoms with van der Waals surface area (Å²) in [5, 5.41) is 1.14. The van der Waals surface area contributed by atoms with E-state index in [4.69, 9.17) is 18.0 Å². The van der Waals surface area contributed by atoms with Crippen LogP contribution in [0.15, 0.2) is 48.7 Å². The van der Waals surface area contributed by atoms with Crippen LogP contribution in [0, 0.1) is 6.92 Å². The fraction of sp³-hybridized carbons (Fsp3) is 0.125. The minimum atomic E-state index is 0.431. The molecule has 3 aromatic rings. The van der Waals surface area contributed by atoms with Gasteiger partial charge >= 0.3 is 0 Å². The van der Waals surface area contributed by atoms with E-state index in [1.165, 1.54) is 0 Å². The fourth-order valence-corrected chi connectivity index (χ4v) is 2.48. The highest BCUT2D eigenvalue weighted by Crippen LogP contribution is 2.19. The van der Waals surface area contributed by atoms with E-state index in [1.807, 2.05) is 37.3 Å². The minimum absolute atomic E-state index is 0.431. The second-order valence-electron chi connectivity index (χ2n) is 4.85. The highest BCUT2D eigenvalue weighted by molar-refractivity contribution is 7.80. The molecule has 0 aliphatic rings. The molecule has 0 saturated heterocycles. The minimum Gasteiger partial charge on any atom is -0.389 e. The standard InChI is InChI=1S/C16H15N3S/c1-11-3-2-4-14(18-11)10-19-8-7-12-9-13(16(17)20)5-6-15(12)19/h2-9H,10H2,1H3,(H2,17,20). The van der Waals surface area contributed by atoms with Gasteiger partial charge < -0.3 is 10.3 Å². The molecule has 100 valence electrons. The first-order valence-corrected chi connectivity index (χ1v) is 6.85. The van der Waals surface area contributed by atoms with Crippen LogP contribution in [0.3, 0.4) is 0 Å². The Labute approximate surface area is 123 Å². The lowest BCUT2D eigenvalue weighted by Crippen LogP contribution is -2.09. The zero-order valence-corrected chi connectivity index (χ0v) is 12.0. The molecule has 4 heteroatoms. The van der Waals surface area contributed by atoms with Gasteiger partial charge in [0.05, 0.1) is 12.2 Å². The van der Waals surface area contributed by atoms with Gasteiger partial charge in [0.25, 0.3) is 0 Å².